The van der Waals surface area contributed by atoms with E-state index in [4.69, 9.17) is 10.8 Å². The SMILES string of the molecule is CC(N)(CO)CCc1ccc(C2C#CCCC2)s1. The lowest BCUT2D eigenvalue weighted by atomic mass is 9.96. The highest BCUT2D eigenvalue weighted by Crippen LogP contribution is 2.31. The van der Waals surface area contributed by atoms with Crippen LogP contribution >= 0.6 is 11.3 Å². The van der Waals surface area contributed by atoms with E-state index in [0.29, 0.717) is 5.92 Å². The number of thiophene rings is 1. The third kappa shape index (κ3) is 3.58. The first-order chi connectivity index (χ1) is 8.61. The van der Waals surface area contributed by atoms with Crippen LogP contribution in [-0.2, 0) is 6.42 Å². The zero-order valence-electron chi connectivity index (χ0n) is 10.9. The van der Waals surface area contributed by atoms with E-state index in [1.807, 2.05) is 18.3 Å². The minimum atomic E-state index is -0.463. The Morgan fingerprint density at radius 1 is 1.56 bits per heavy atom. The standard InChI is InChI=1S/C15H21NOS/c1-15(16,11-17)10-9-13-7-8-14(18-13)12-5-3-2-4-6-12/h7-8,12,17H,2-3,5,9-11,16H2,1H3. The second-order valence-electron chi connectivity index (χ2n) is 5.38. The van der Waals surface area contributed by atoms with Crippen LogP contribution in [0.25, 0.3) is 0 Å². The number of hydrogen-bond acceptors (Lipinski definition) is 3. The molecule has 3 N–H and O–H groups in total. The third-order valence-electron chi connectivity index (χ3n) is 3.40. The molecule has 0 aliphatic heterocycles. The van der Waals surface area contributed by atoms with Gasteiger partial charge in [-0.05, 0) is 44.7 Å². The Morgan fingerprint density at radius 3 is 3.06 bits per heavy atom. The second kappa shape index (κ2) is 5.88. The summed E-state index contributed by atoms with van der Waals surface area (Å²) in [5, 5.41) is 9.14. The van der Waals surface area contributed by atoms with Crippen LogP contribution in [0.1, 0.15) is 48.3 Å². The van der Waals surface area contributed by atoms with Crippen molar-refractivity contribution in [1.82, 2.24) is 0 Å². The average Bonchev–Trinajstić information content (AvgIpc) is 2.86. The molecule has 2 rings (SSSR count). The molecule has 2 atom stereocenters. The zero-order valence-corrected chi connectivity index (χ0v) is 11.7. The summed E-state index contributed by atoms with van der Waals surface area (Å²) in [5.41, 5.74) is 5.48. The Morgan fingerprint density at radius 2 is 2.39 bits per heavy atom. The van der Waals surface area contributed by atoms with E-state index in [9.17, 15) is 0 Å². The number of nitrogens with two attached hydrogens (primary N) is 1. The summed E-state index contributed by atoms with van der Waals surface area (Å²) in [5.74, 6) is 6.98. The van der Waals surface area contributed by atoms with Crippen LogP contribution in [0.2, 0.25) is 0 Å². The van der Waals surface area contributed by atoms with Gasteiger partial charge in [0.05, 0.1) is 12.5 Å². The normalized spacial score (nSPS) is 22.1. The van der Waals surface area contributed by atoms with E-state index in [2.05, 4.69) is 24.0 Å². The van der Waals surface area contributed by atoms with Crippen molar-refractivity contribution >= 4 is 11.3 Å². The van der Waals surface area contributed by atoms with E-state index >= 15 is 0 Å². The van der Waals surface area contributed by atoms with Gasteiger partial charge in [0.15, 0.2) is 0 Å². The van der Waals surface area contributed by atoms with Crippen LogP contribution in [0, 0.1) is 11.8 Å². The van der Waals surface area contributed by atoms with Crippen molar-refractivity contribution < 1.29 is 5.11 Å². The molecule has 0 spiro atoms. The minimum absolute atomic E-state index is 0.0410. The summed E-state index contributed by atoms with van der Waals surface area (Å²) in [6, 6.07) is 4.39. The molecule has 3 heteroatoms. The van der Waals surface area contributed by atoms with E-state index in [1.165, 1.54) is 22.6 Å². The maximum absolute atomic E-state index is 9.14. The van der Waals surface area contributed by atoms with Crippen LogP contribution in [0.3, 0.4) is 0 Å². The zero-order chi connectivity index (χ0) is 13.0. The van der Waals surface area contributed by atoms with Gasteiger partial charge in [-0.25, -0.2) is 0 Å². The first kappa shape index (κ1) is 13.6. The predicted octanol–water partition coefficient (Wildman–Crippen LogP) is 2.66. The Bertz CT molecular complexity index is 453. The molecule has 0 amide bonds. The topological polar surface area (TPSA) is 46.2 Å². The van der Waals surface area contributed by atoms with E-state index in [1.54, 1.807) is 0 Å². The lowest BCUT2D eigenvalue weighted by Crippen LogP contribution is -2.40. The quantitative estimate of drug-likeness (QED) is 0.802. The summed E-state index contributed by atoms with van der Waals surface area (Å²) in [4.78, 5) is 2.74. The molecule has 18 heavy (non-hydrogen) atoms. The van der Waals surface area contributed by atoms with Crippen LogP contribution in [0.5, 0.6) is 0 Å². The first-order valence-electron chi connectivity index (χ1n) is 6.57. The smallest absolute Gasteiger partial charge is 0.0608 e. The van der Waals surface area contributed by atoms with Gasteiger partial charge in [-0.3, -0.25) is 0 Å². The van der Waals surface area contributed by atoms with Crippen LogP contribution in [0.4, 0.5) is 0 Å². The molecule has 2 nitrogen and oxygen atoms in total. The van der Waals surface area contributed by atoms with Crippen LogP contribution in [0.15, 0.2) is 12.1 Å². The van der Waals surface area contributed by atoms with Crippen molar-refractivity contribution in [2.24, 2.45) is 5.73 Å². The molecule has 1 aromatic rings. The fourth-order valence-electron chi connectivity index (χ4n) is 2.08. The van der Waals surface area contributed by atoms with E-state index < -0.39 is 5.54 Å². The highest BCUT2D eigenvalue weighted by atomic mass is 32.1. The second-order valence-corrected chi connectivity index (χ2v) is 6.58. The maximum Gasteiger partial charge on any atom is 0.0608 e. The molecule has 1 aliphatic rings. The minimum Gasteiger partial charge on any atom is -0.394 e. The number of aliphatic hydroxyl groups is 1. The Kier molecular flexibility index (Phi) is 4.45. The highest BCUT2D eigenvalue weighted by Gasteiger charge is 2.18. The van der Waals surface area contributed by atoms with E-state index in [-0.39, 0.29) is 6.61 Å². The Balaban J connectivity index is 1.95. The van der Waals surface area contributed by atoms with Gasteiger partial charge in [0.1, 0.15) is 0 Å². The lowest BCUT2D eigenvalue weighted by Gasteiger charge is -2.20. The summed E-state index contributed by atoms with van der Waals surface area (Å²) in [6.07, 6.45) is 5.23. The number of rotatable bonds is 5. The predicted molar refractivity (Wildman–Crippen MR) is 76.7 cm³/mol. The molecule has 1 heterocycles. The summed E-state index contributed by atoms with van der Waals surface area (Å²) < 4.78 is 0. The van der Waals surface area contributed by atoms with Gasteiger partial charge in [0.25, 0.3) is 0 Å². The molecule has 0 aromatic carbocycles. The molecule has 98 valence electrons. The van der Waals surface area contributed by atoms with Crippen LogP contribution in [-0.4, -0.2) is 17.3 Å². The number of aryl methyl sites for hydroxylation is 1. The fraction of sp³-hybridized carbons (Fsp3) is 0.600. The molecule has 0 saturated heterocycles. The molecular formula is C15H21NOS. The molecule has 0 fully saturated rings. The largest absolute Gasteiger partial charge is 0.394 e. The molecule has 0 bridgehead atoms. The summed E-state index contributed by atoms with van der Waals surface area (Å²) in [6.45, 7) is 1.94. The van der Waals surface area contributed by atoms with Gasteiger partial charge in [0, 0.05) is 21.7 Å². The van der Waals surface area contributed by atoms with Crippen molar-refractivity contribution in [1.29, 1.82) is 0 Å². The van der Waals surface area contributed by atoms with Gasteiger partial charge < -0.3 is 10.8 Å². The Hall–Kier alpha value is -0.820. The summed E-state index contributed by atoms with van der Waals surface area (Å²) >= 11 is 1.85. The van der Waals surface area contributed by atoms with Crippen molar-refractivity contribution in [2.75, 3.05) is 6.61 Å². The molecule has 0 radical (unpaired) electrons. The maximum atomic E-state index is 9.14. The first-order valence-corrected chi connectivity index (χ1v) is 7.39. The van der Waals surface area contributed by atoms with E-state index in [0.717, 1.165) is 19.3 Å². The van der Waals surface area contributed by atoms with Crippen molar-refractivity contribution in [2.45, 2.75) is 50.5 Å². The third-order valence-corrected chi connectivity index (χ3v) is 4.66. The molecular weight excluding hydrogens is 242 g/mol. The monoisotopic (exact) mass is 263 g/mol. The average molecular weight is 263 g/mol. The molecule has 2 unspecified atom stereocenters. The summed E-state index contributed by atoms with van der Waals surface area (Å²) in [7, 11) is 0. The van der Waals surface area contributed by atoms with Gasteiger partial charge in [-0.15, -0.1) is 17.3 Å². The molecule has 1 aromatic heterocycles. The lowest BCUT2D eigenvalue weighted by molar-refractivity contribution is 0.201. The Labute approximate surface area is 113 Å². The molecule has 1 aliphatic carbocycles. The van der Waals surface area contributed by atoms with Gasteiger partial charge in [-0.2, -0.15) is 0 Å². The number of hydrogen-bond donors (Lipinski definition) is 2. The van der Waals surface area contributed by atoms with Gasteiger partial charge in [0.2, 0.25) is 0 Å². The fourth-order valence-corrected chi connectivity index (χ4v) is 3.18. The number of aliphatic hydroxyl groups excluding tert-OH is 1. The molecule has 0 saturated carbocycles. The van der Waals surface area contributed by atoms with Crippen molar-refractivity contribution in [3.05, 3.63) is 21.9 Å². The van der Waals surface area contributed by atoms with Gasteiger partial charge >= 0.3 is 0 Å². The van der Waals surface area contributed by atoms with Crippen molar-refractivity contribution in [3.8, 4) is 11.8 Å². The van der Waals surface area contributed by atoms with Crippen molar-refractivity contribution in [3.63, 3.8) is 0 Å². The highest BCUT2D eigenvalue weighted by molar-refractivity contribution is 7.12. The van der Waals surface area contributed by atoms with Crippen LogP contribution < -0.4 is 5.73 Å². The van der Waals surface area contributed by atoms with Gasteiger partial charge in [-0.1, -0.05) is 5.92 Å².